The summed E-state index contributed by atoms with van der Waals surface area (Å²) in [6, 6.07) is 8.38. The van der Waals surface area contributed by atoms with E-state index in [1.54, 1.807) is 0 Å². The number of nitrogens with zero attached hydrogens (tertiary/aromatic N) is 4. The number of pyridine rings is 2. The fourth-order valence-corrected chi connectivity index (χ4v) is 6.09. The molecule has 1 N–H and O–H groups in total. The Kier molecular flexibility index (Phi) is 35.5. The molecular weight excluding hydrogens is 671 g/mol. The highest BCUT2D eigenvalue weighted by molar-refractivity contribution is 5.55. The van der Waals surface area contributed by atoms with E-state index in [0.29, 0.717) is 0 Å². The Labute approximate surface area is 346 Å². The predicted octanol–water partition coefficient (Wildman–Crippen LogP) is 13.9. The van der Waals surface area contributed by atoms with Crippen LogP contribution in [0.4, 0.5) is 0 Å². The molecule has 0 aliphatic heterocycles. The van der Waals surface area contributed by atoms with Gasteiger partial charge in [0.05, 0.1) is 11.4 Å². The number of aryl methyl sites for hydroxylation is 2. The molecule has 0 amide bonds. The summed E-state index contributed by atoms with van der Waals surface area (Å²) in [5.74, 6) is 3.46. The van der Waals surface area contributed by atoms with Crippen LogP contribution < -0.4 is 5.32 Å². The van der Waals surface area contributed by atoms with Crippen molar-refractivity contribution in [1.82, 2.24) is 25.1 Å². The summed E-state index contributed by atoms with van der Waals surface area (Å²) in [5.41, 5.74) is 4.80. The van der Waals surface area contributed by atoms with Gasteiger partial charge in [-0.15, -0.1) is 0 Å². The topological polar surface area (TPSA) is 44.3 Å². The molecule has 2 rings (SSSR count). The van der Waals surface area contributed by atoms with E-state index in [0.717, 1.165) is 48.0 Å². The van der Waals surface area contributed by atoms with Crippen LogP contribution in [0.25, 0.3) is 11.4 Å². The Morgan fingerprint density at radius 2 is 1.09 bits per heavy atom. The van der Waals surface area contributed by atoms with Crippen molar-refractivity contribution in [3.05, 3.63) is 47.8 Å². The van der Waals surface area contributed by atoms with E-state index >= 15 is 0 Å². The minimum atomic E-state index is 0.287. The molecule has 4 atom stereocenters. The molecule has 55 heavy (non-hydrogen) atoms. The molecule has 2 aromatic rings. The van der Waals surface area contributed by atoms with Gasteiger partial charge in [0.1, 0.15) is 0 Å². The molecule has 2 aromatic heterocycles. The minimum absolute atomic E-state index is 0.287. The zero-order chi connectivity index (χ0) is 42.1. The van der Waals surface area contributed by atoms with Crippen molar-refractivity contribution in [1.29, 1.82) is 0 Å². The summed E-state index contributed by atoms with van der Waals surface area (Å²) in [6.45, 7) is 44.9. The van der Waals surface area contributed by atoms with Crippen molar-refractivity contribution in [2.45, 2.75) is 193 Å². The van der Waals surface area contributed by atoms with Crippen molar-refractivity contribution < 1.29 is 0 Å². The largest absolute Gasteiger partial charge is 0.312 e. The first kappa shape index (κ1) is 55.3. The van der Waals surface area contributed by atoms with Gasteiger partial charge in [-0.3, -0.25) is 9.97 Å². The third-order valence-corrected chi connectivity index (χ3v) is 11.0. The van der Waals surface area contributed by atoms with Crippen LogP contribution in [0.15, 0.2) is 36.7 Å². The summed E-state index contributed by atoms with van der Waals surface area (Å²) in [7, 11) is 0. The lowest BCUT2D eigenvalue weighted by Crippen LogP contribution is -2.36. The lowest BCUT2D eigenvalue weighted by molar-refractivity contribution is 0.235. The van der Waals surface area contributed by atoms with Crippen LogP contribution in [-0.2, 0) is 6.42 Å². The predicted molar refractivity (Wildman–Crippen MR) is 249 cm³/mol. The normalized spacial score (nSPS) is 13.5. The second kappa shape index (κ2) is 35.4. The van der Waals surface area contributed by atoms with Crippen LogP contribution in [-0.4, -0.2) is 71.1 Å². The summed E-state index contributed by atoms with van der Waals surface area (Å²) >= 11 is 0. The highest BCUT2D eigenvalue weighted by atomic mass is 15.1. The van der Waals surface area contributed by atoms with Crippen LogP contribution in [0, 0.1) is 30.6 Å². The number of hydrogen-bond donors (Lipinski definition) is 1. The zero-order valence-electron chi connectivity index (χ0n) is 40.0. The van der Waals surface area contributed by atoms with E-state index in [2.05, 4.69) is 154 Å². The van der Waals surface area contributed by atoms with Gasteiger partial charge in [0.15, 0.2) is 0 Å². The third-order valence-electron chi connectivity index (χ3n) is 11.0. The number of aromatic nitrogens is 2. The van der Waals surface area contributed by atoms with Crippen LogP contribution in [0.2, 0.25) is 0 Å². The maximum Gasteiger partial charge on any atom is 0.0888 e. The molecule has 0 fully saturated rings. The Hall–Kier alpha value is -1.82. The third kappa shape index (κ3) is 32.9. The molecule has 0 bridgehead atoms. The number of hydrogen-bond acceptors (Lipinski definition) is 5. The summed E-state index contributed by atoms with van der Waals surface area (Å²) < 4.78 is 0. The lowest BCUT2D eigenvalue weighted by Gasteiger charge is -2.23. The van der Waals surface area contributed by atoms with Crippen molar-refractivity contribution in [2.24, 2.45) is 23.7 Å². The van der Waals surface area contributed by atoms with Crippen LogP contribution in [0.1, 0.15) is 186 Å². The number of rotatable bonds is 24. The van der Waals surface area contributed by atoms with Crippen molar-refractivity contribution in [3.8, 4) is 11.4 Å². The molecule has 4 unspecified atom stereocenters. The van der Waals surface area contributed by atoms with E-state index in [-0.39, 0.29) is 5.54 Å². The Bertz CT molecular complexity index is 1100. The fraction of sp³-hybridized carbons (Fsp3) is 0.800. The molecule has 0 aromatic carbocycles. The van der Waals surface area contributed by atoms with E-state index in [4.69, 9.17) is 0 Å². The maximum absolute atomic E-state index is 4.44. The average Bonchev–Trinajstić information content (AvgIpc) is 3.17. The van der Waals surface area contributed by atoms with Gasteiger partial charge < -0.3 is 15.1 Å². The molecule has 0 spiro atoms. The second-order valence-corrected chi connectivity index (χ2v) is 17.6. The van der Waals surface area contributed by atoms with Crippen LogP contribution in [0.3, 0.4) is 0 Å². The minimum Gasteiger partial charge on any atom is -0.312 e. The molecule has 0 aliphatic rings. The fourth-order valence-electron chi connectivity index (χ4n) is 6.09. The van der Waals surface area contributed by atoms with Crippen molar-refractivity contribution in [3.63, 3.8) is 0 Å². The van der Waals surface area contributed by atoms with Crippen molar-refractivity contribution >= 4 is 0 Å². The lowest BCUT2D eigenvalue weighted by atomic mass is 9.99. The Morgan fingerprint density at radius 1 is 0.600 bits per heavy atom. The SMILES string of the molecule is CCC(C)CCCN(CC)CC.CCC(C)CCCNC(C)(C)C.CCC(C)CCc1ccnc(-c2cc(C)ccn2)c1.CCCN(CCC)CC(C)CC. The summed E-state index contributed by atoms with van der Waals surface area (Å²) in [4.78, 5) is 13.9. The monoisotopic (exact) mass is 768 g/mol. The van der Waals surface area contributed by atoms with E-state index in [9.17, 15) is 0 Å². The van der Waals surface area contributed by atoms with Crippen molar-refractivity contribution in [2.75, 3.05) is 45.8 Å². The Morgan fingerprint density at radius 3 is 1.56 bits per heavy atom. The van der Waals surface area contributed by atoms with Gasteiger partial charge in [-0.2, -0.15) is 0 Å². The first-order valence-electron chi connectivity index (χ1n) is 23.2. The summed E-state index contributed by atoms with van der Waals surface area (Å²) in [6.07, 6.45) is 19.3. The Balaban J connectivity index is 0. The molecule has 0 radical (unpaired) electrons. The molecule has 0 aliphatic carbocycles. The van der Waals surface area contributed by atoms with Gasteiger partial charge in [-0.1, -0.05) is 109 Å². The standard InChI is InChI=1S/C17H22N2.3C11H25N/c1-4-13(2)5-6-15-8-10-19-17(12-15)16-11-14(3)7-9-18-16;1-6-10(2)8-7-9-12-11(3,4)5;1-5-11(4)9-8-10-12(6-2)7-3;1-5-8-12(9-6-2)10-11(4)7-3/h7-13H,4-6H2,1-3H3;10,12H,6-9H2,1-5H3;2*11H,5-10H2,1-4H3. The first-order valence-corrected chi connectivity index (χ1v) is 23.2. The van der Waals surface area contributed by atoms with E-state index in [1.165, 1.54) is 121 Å². The highest BCUT2D eigenvalue weighted by Gasteiger charge is 2.09. The van der Waals surface area contributed by atoms with E-state index in [1.807, 2.05) is 18.5 Å². The quantitative estimate of drug-likeness (QED) is 0.108. The zero-order valence-corrected chi connectivity index (χ0v) is 40.0. The summed E-state index contributed by atoms with van der Waals surface area (Å²) in [5, 5.41) is 3.50. The highest BCUT2D eigenvalue weighted by Crippen LogP contribution is 2.19. The average molecular weight is 768 g/mol. The van der Waals surface area contributed by atoms with Crippen LogP contribution >= 0.6 is 0 Å². The molecule has 0 saturated heterocycles. The van der Waals surface area contributed by atoms with Gasteiger partial charge in [-0.25, -0.2) is 0 Å². The molecule has 2 heterocycles. The van der Waals surface area contributed by atoms with Gasteiger partial charge in [0, 0.05) is 24.5 Å². The molecular formula is C50H97N5. The smallest absolute Gasteiger partial charge is 0.0888 e. The van der Waals surface area contributed by atoms with Crippen LogP contribution in [0.5, 0.6) is 0 Å². The van der Waals surface area contributed by atoms with Gasteiger partial charge in [0.25, 0.3) is 0 Å². The van der Waals surface area contributed by atoms with E-state index < -0.39 is 0 Å². The second-order valence-electron chi connectivity index (χ2n) is 17.6. The molecule has 5 nitrogen and oxygen atoms in total. The maximum atomic E-state index is 4.44. The number of nitrogens with one attached hydrogen (secondary N) is 1. The molecule has 322 valence electrons. The molecule has 0 saturated carbocycles. The van der Waals surface area contributed by atoms with Gasteiger partial charge >= 0.3 is 0 Å². The molecule has 5 heteroatoms. The van der Waals surface area contributed by atoms with Gasteiger partial charge in [0.2, 0.25) is 0 Å². The first-order chi connectivity index (χ1) is 26.1. The van der Waals surface area contributed by atoms with Gasteiger partial charge in [-0.05, 0) is 177 Å².